The maximum Gasteiger partial charge on any atom is 0.253 e. The summed E-state index contributed by atoms with van der Waals surface area (Å²) in [4.78, 5) is 14.3. The molecule has 2 aromatic rings. The second kappa shape index (κ2) is 6.55. The van der Waals surface area contributed by atoms with Crippen LogP contribution in [0.25, 0.3) is 0 Å². The molecule has 0 saturated carbocycles. The van der Waals surface area contributed by atoms with Crippen LogP contribution in [0, 0.1) is 5.41 Å². The number of rotatable bonds is 5. The van der Waals surface area contributed by atoms with Crippen LogP contribution in [0.2, 0.25) is 0 Å². The van der Waals surface area contributed by atoms with Crippen molar-refractivity contribution < 1.29 is 9.53 Å². The fourth-order valence-electron chi connectivity index (χ4n) is 3.00. The molecule has 0 bridgehead atoms. The second-order valence-corrected chi connectivity index (χ2v) is 6.82. The first-order valence-electron chi connectivity index (χ1n) is 8.02. The monoisotopic (exact) mass is 309 g/mol. The summed E-state index contributed by atoms with van der Waals surface area (Å²) in [5.41, 5.74) is 3.35. The average molecular weight is 309 g/mol. The smallest absolute Gasteiger partial charge is 0.253 e. The van der Waals surface area contributed by atoms with Gasteiger partial charge in [0.05, 0.1) is 13.2 Å². The molecule has 1 aliphatic rings. The largest absolute Gasteiger partial charge is 0.380 e. The van der Waals surface area contributed by atoms with Crippen LogP contribution in [0.3, 0.4) is 0 Å². The molecule has 0 unspecified atom stereocenters. The first-order valence-corrected chi connectivity index (χ1v) is 8.02. The minimum atomic E-state index is 0.0735. The third kappa shape index (κ3) is 3.80. The van der Waals surface area contributed by atoms with Gasteiger partial charge < -0.3 is 9.64 Å². The summed E-state index contributed by atoms with van der Waals surface area (Å²) >= 11 is 0. The van der Waals surface area contributed by atoms with Gasteiger partial charge >= 0.3 is 0 Å². The molecule has 3 heteroatoms. The van der Waals surface area contributed by atoms with Gasteiger partial charge in [0.25, 0.3) is 5.91 Å². The molecule has 0 N–H and O–H groups in total. The molecule has 3 nitrogen and oxygen atoms in total. The highest BCUT2D eigenvalue weighted by molar-refractivity contribution is 5.94. The lowest BCUT2D eigenvalue weighted by atomic mass is 9.88. The Bertz CT molecular complexity index is 660. The van der Waals surface area contributed by atoms with Gasteiger partial charge in [0.2, 0.25) is 0 Å². The number of carbonyl (C=O) groups is 1. The topological polar surface area (TPSA) is 29.5 Å². The van der Waals surface area contributed by atoms with Gasteiger partial charge in [0.15, 0.2) is 0 Å². The molecule has 1 heterocycles. The quantitative estimate of drug-likeness (QED) is 0.847. The molecule has 120 valence electrons. The van der Waals surface area contributed by atoms with Crippen molar-refractivity contribution in [1.82, 2.24) is 4.90 Å². The zero-order chi connectivity index (χ0) is 16.3. The van der Waals surface area contributed by atoms with Crippen molar-refractivity contribution >= 4 is 5.91 Å². The van der Waals surface area contributed by atoms with Crippen molar-refractivity contribution in [2.24, 2.45) is 5.41 Å². The van der Waals surface area contributed by atoms with Gasteiger partial charge in [-0.3, -0.25) is 4.79 Å². The van der Waals surface area contributed by atoms with Crippen LogP contribution in [0.1, 0.15) is 28.4 Å². The number of hydrogen-bond acceptors (Lipinski definition) is 2. The van der Waals surface area contributed by atoms with E-state index in [1.807, 2.05) is 49.5 Å². The lowest BCUT2D eigenvalue weighted by Crippen LogP contribution is -2.49. The van der Waals surface area contributed by atoms with E-state index in [1.54, 1.807) is 4.90 Å². The summed E-state index contributed by atoms with van der Waals surface area (Å²) in [6, 6.07) is 18.3. The molecule has 23 heavy (non-hydrogen) atoms. The van der Waals surface area contributed by atoms with Crippen molar-refractivity contribution in [3.63, 3.8) is 0 Å². The third-order valence-corrected chi connectivity index (χ3v) is 4.32. The predicted molar refractivity (Wildman–Crippen MR) is 91.6 cm³/mol. The average Bonchev–Trinajstić information content (AvgIpc) is 2.54. The van der Waals surface area contributed by atoms with Gasteiger partial charge in [-0.25, -0.2) is 0 Å². The Morgan fingerprint density at radius 3 is 2.22 bits per heavy atom. The molecule has 0 spiro atoms. The molecule has 1 saturated heterocycles. The van der Waals surface area contributed by atoms with E-state index in [1.165, 1.54) is 11.1 Å². The highest BCUT2D eigenvalue weighted by Crippen LogP contribution is 2.27. The Balaban J connectivity index is 1.63. The number of amides is 1. The molecule has 0 atom stereocenters. The van der Waals surface area contributed by atoms with Crippen molar-refractivity contribution in [3.8, 4) is 0 Å². The zero-order valence-electron chi connectivity index (χ0n) is 13.8. The van der Waals surface area contributed by atoms with Gasteiger partial charge in [0.1, 0.15) is 0 Å². The SMILES string of the molecule is CN(CC1(C)COC1)C(=O)c1ccc(Cc2ccccc2)cc1. The molecule has 2 aromatic carbocycles. The Kier molecular flexibility index (Phi) is 4.49. The van der Waals surface area contributed by atoms with Crippen LogP contribution in [0.5, 0.6) is 0 Å². The van der Waals surface area contributed by atoms with Gasteiger partial charge in [-0.2, -0.15) is 0 Å². The maximum absolute atomic E-state index is 12.5. The first kappa shape index (κ1) is 15.8. The minimum Gasteiger partial charge on any atom is -0.380 e. The van der Waals surface area contributed by atoms with Gasteiger partial charge in [-0.1, -0.05) is 49.4 Å². The molecule has 0 aromatic heterocycles. The molecular weight excluding hydrogens is 286 g/mol. The number of carbonyl (C=O) groups excluding carboxylic acids is 1. The molecule has 0 radical (unpaired) electrons. The molecule has 1 fully saturated rings. The summed E-state index contributed by atoms with van der Waals surface area (Å²) in [5.74, 6) is 0.0735. The molecule has 0 aliphatic carbocycles. The van der Waals surface area contributed by atoms with E-state index in [4.69, 9.17) is 4.74 Å². The number of benzene rings is 2. The van der Waals surface area contributed by atoms with E-state index in [2.05, 4.69) is 19.1 Å². The van der Waals surface area contributed by atoms with E-state index in [9.17, 15) is 4.79 Å². The van der Waals surface area contributed by atoms with Gasteiger partial charge in [-0.15, -0.1) is 0 Å². The van der Waals surface area contributed by atoms with Crippen LogP contribution in [-0.4, -0.2) is 37.6 Å². The summed E-state index contributed by atoms with van der Waals surface area (Å²) in [6.07, 6.45) is 0.889. The van der Waals surface area contributed by atoms with Crippen LogP contribution in [0.4, 0.5) is 0 Å². The zero-order valence-corrected chi connectivity index (χ0v) is 13.8. The first-order chi connectivity index (χ1) is 11.1. The van der Waals surface area contributed by atoms with Crippen LogP contribution in [-0.2, 0) is 11.2 Å². The Hall–Kier alpha value is -2.13. The van der Waals surface area contributed by atoms with Gasteiger partial charge in [0, 0.05) is 24.6 Å². The molecular formula is C20H23NO2. The van der Waals surface area contributed by atoms with E-state index in [0.29, 0.717) is 0 Å². The summed E-state index contributed by atoms with van der Waals surface area (Å²) in [6.45, 7) is 4.36. The van der Waals surface area contributed by atoms with Gasteiger partial charge in [-0.05, 0) is 29.7 Å². The van der Waals surface area contributed by atoms with E-state index in [-0.39, 0.29) is 11.3 Å². The Morgan fingerprint density at radius 1 is 1.04 bits per heavy atom. The van der Waals surface area contributed by atoms with Crippen molar-refractivity contribution in [2.75, 3.05) is 26.8 Å². The molecule has 1 amide bonds. The fourth-order valence-corrected chi connectivity index (χ4v) is 3.00. The minimum absolute atomic E-state index is 0.0735. The highest BCUT2D eigenvalue weighted by atomic mass is 16.5. The predicted octanol–water partition coefficient (Wildman–Crippen LogP) is 3.39. The Labute approximate surface area is 137 Å². The van der Waals surface area contributed by atoms with Crippen molar-refractivity contribution in [1.29, 1.82) is 0 Å². The number of ether oxygens (including phenoxy) is 1. The second-order valence-electron chi connectivity index (χ2n) is 6.82. The standard InChI is InChI=1S/C20H23NO2/c1-20(14-23-15-20)13-21(2)19(22)18-10-8-17(9-11-18)12-16-6-4-3-5-7-16/h3-11H,12-15H2,1-2H3. The highest BCUT2D eigenvalue weighted by Gasteiger charge is 2.35. The molecule has 1 aliphatic heterocycles. The third-order valence-electron chi connectivity index (χ3n) is 4.32. The van der Waals surface area contributed by atoms with Crippen LogP contribution >= 0.6 is 0 Å². The normalized spacial score (nSPS) is 15.7. The number of hydrogen-bond donors (Lipinski definition) is 0. The Morgan fingerprint density at radius 2 is 1.65 bits per heavy atom. The van der Waals surface area contributed by atoms with Crippen molar-refractivity contribution in [3.05, 3.63) is 71.3 Å². The number of nitrogens with zero attached hydrogens (tertiary/aromatic N) is 1. The van der Waals surface area contributed by atoms with E-state index < -0.39 is 0 Å². The maximum atomic E-state index is 12.5. The van der Waals surface area contributed by atoms with E-state index >= 15 is 0 Å². The van der Waals surface area contributed by atoms with Crippen LogP contribution in [0.15, 0.2) is 54.6 Å². The lowest BCUT2D eigenvalue weighted by molar-refractivity contribution is -0.109. The van der Waals surface area contributed by atoms with Crippen LogP contribution < -0.4 is 0 Å². The lowest BCUT2D eigenvalue weighted by Gasteiger charge is -2.40. The summed E-state index contributed by atoms with van der Waals surface area (Å²) in [7, 11) is 1.86. The summed E-state index contributed by atoms with van der Waals surface area (Å²) in [5, 5.41) is 0. The molecule has 3 rings (SSSR count). The summed E-state index contributed by atoms with van der Waals surface area (Å²) < 4.78 is 5.26. The van der Waals surface area contributed by atoms with Crippen molar-refractivity contribution in [2.45, 2.75) is 13.3 Å². The fraction of sp³-hybridized carbons (Fsp3) is 0.350. The van der Waals surface area contributed by atoms with E-state index in [0.717, 1.165) is 31.7 Å².